The van der Waals surface area contributed by atoms with Gasteiger partial charge in [0, 0.05) is 17.0 Å². The number of halogens is 1. The maximum atomic E-state index is 5.86. The van der Waals surface area contributed by atoms with Crippen LogP contribution in [0.15, 0.2) is 34.9 Å². The largest absolute Gasteiger partial charge is 0.441 e. The van der Waals surface area contributed by atoms with Gasteiger partial charge in [-0.15, -0.1) is 0 Å². The first-order valence-electron chi connectivity index (χ1n) is 6.71. The molecule has 0 aliphatic carbocycles. The zero-order valence-electron chi connectivity index (χ0n) is 11.2. The predicted octanol–water partition coefficient (Wildman–Crippen LogP) is 3.93. The van der Waals surface area contributed by atoms with Crippen molar-refractivity contribution in [2.24, 2.45) is 0 Å². The van der Waals surface area contributed by atoms with Crippen LogP contribution in [-0.4, -0.2) is 18.1 Å². The van der Waals surface area contributed by atoms with E-state index in [1.807, 2.05) is 24.3 Å². The molecule has 0 atom stereocenters. The summed E-state index contributed by atoms with van der Waals surface area (Å²) in [6, 6.07) is 7.59. The van der Waals surface area contributed by atoms with Crippen LogP contribution >= 0.6 is 11.6 Å². The Kier molecular flexibility index (Phi) is 5.43. The number of aryl methyl sites for hydroxylation is 1. The molecule has 0 aliphatic rings. The van der Waals surface area contributed by atoms with Gasteiger partial charge in [-0.1, -0.05) is 18.5 Å². The average molecular weight is 279 g/mol. The molecule has 3 nitrogen and oxygen atoms in total. The number of benzene rings is 1. The minimum Gasteiger partial charge on any atom is -0.441 e. The first-order chi connectivity index (χ1) is 9.29. The van der Waals surface area contributed by atoms with Crippen LogP contribution in [0.3, 0.4) is 0 Å². The molecule has 2 rings (SSSR count). The Labute approximate surface area is 119 Å². The molecule has 1 N–H and O–H groups in total. The van der Waals surface area contributed by atoms with Gasteiger partial charge in [0.2, 0.25) is 0 Å². The van der Waals surface area contributed by atoms with Gasteiger partial charge in [-0.2, -0.15) is 0 Å². The lowest BCUT2D eigenvalue weighted by Crippen LogP contribution is -2.16. The van der Waals surface area contributed by atoms with E-state index in [9.17, 15) is 0 Å². The molecule has 102 valence electrons. The van der Waals surface area contributed by atoms with Crippen LogP contribution in [0.25, 0.3) is 11.3 Å². The van der Waals surface area contributed by atoms with Crippen LogP contribution < -0.4 is 5.32 Å². The lowest BCUT2D eigenvalue weighted by atomic mass is 10.2. The Balaban J connectivity index is 1.86. The molecular weight excluding hydrogens is 260 g/mol. The standard InChI is InChI=1S/C15H19ClN2O/c1-2-9-17-10-3-4-15-18-11-14(19-15)12-5-7-13(16)8-6-12/h5-8,11,17H,2-4,9-10H2,1H3. The van der Waals surface area contributed by atoms with E-state index in [2.05, 4.69) is 17.2 Å². The van der Waals surface area contributed by atoms with Crippen LogP contribution in [0.1, 0.15) is 25.7 Å². The summed E-state index contributed by atoms with van der Waals surface area (Å²) in [6.45, 7) is 4.24. The second-order valence-electron chi connectivity index (χ2n) is 4.48. The van der Waals surface area contributed by atoms with E-state index >= 15 is 0 Å². The van der Waals surface area contributed by atoms with Crippen molar-refractivity contribution in [1.29, 1.82) is 0 Å². The van der Waals surface area contributed by atoms with E-state index in [0.29, 0.717) is 0 Å². The molecule has 0 radical (unpaired) electrons. The summed E-state index contributed by atoms with van der Waals surface area (Å²) in [5, 5.41) is 4.09. The maximum Gasteiger partial charge on any atom is 0.194 e. The minimum absolute atomic E-state index is 0.727. The molecule has 0 saturated carbocycles. The van der Waals surface area contributed by atoms with Crippen molar-refractivity contribution in [2.75, 3.05) is 13.1 Å². The van der Waals surface area contributed by atoms with Crippen molar-refractivity contribution in [2.45, 2.75) is 26.2 Å². The van der Waals surface area contributed by atoms with Gasteiger partial charge in [0.15, 0.2) is 11.7 Å². The van der Waals surface area contributed by atoms with Crippen molar-refractivity contribution in [3.8, 4) is 11.3 Å². The summed E-state index contributed by atoms with van der Waals surface area (Å²) in [7, 11) is 0. The zero-order valence-corrected chi connectivity index (χ0v) is 11.9. The van der Waals surface area contributed by atoms with E-state index in [1.165, 1.54) is 6.42 Å². The summed E-state index contributed by atoms with van der Waals surface area (Å²) in [4.78, 5) is 4.31. The smallest absolute Gasteiger partial charge is 0.194 e. The Hall–Kier alpha value is -1.32. The maximum absolute atomic E-state index is 5.86. The van der Waals surface area contributed by atoms with Gasteiger partial charge in [0.05, 0.1) is 6.20 Å². The van der Waals surface area contributed by atoms with Gasteiger partial charge in [0.1, 0.15) is 0 Å². The number of oxazole rings is 1. The molecule has 0 aliphatic heterocycles. The highest BCUT2D eigenvalue weighted by Crippen LogP contribution is 2.22. The van der Waals surface area contributed by atoms with Crippen molar-refractivity contribution in [1.82, 2.24) is 10.3 Å². The first-order valence-corrected chi connectivity index (χ1v) is 7.08. The van der Waals surface area contributed by atoms with Crippen LogP contribution in [0, 0.1) is 0 Å². The third-order valence-electron chi connectivity index (χ3n) is 2.85. The highest BCUT2D eigenvalue weighted by Gasteiger charge is 2.06. The quantitative estimate of drug-likeness (QED) is 0.780. The summed E-state index contributed by atoms with van der Waals surface area (Å²) in [6.07, 6.45) is 4.85. The van der Waals surface area contributed by atoms with Crippen molar-refractivity contribution in [3.05, 3.63) is 41.4 Å². The molecule has 0 spiro atoms. The zero-order chi connectivity index (χ0) is 13.5. The average Bonchev–Trinajstić information content (AvgIpc) is 2.88. The molecule has 0 bridgehead atoms. The molecular formula is C15H19ClN2O. The number of rotatable bonds is 7. The highest BCUT2D eigenvalue weighted by atomic mass is 35.5. The number of hydrogen-bond acceptors (Lipinski definition) is 3. The third-order valence-corrected chi connectivity index (χ3v) is 3.11. The van der Waals surface area contributed by atoms with Gasteiger partial charge in [0.25, 0.3) is 0 Å². The van der Waals surface area contributed by atoms with Gasteiger partial charge < -0.3 is 9.73 Å². The summed E-state index contributed by atoms with van der Waals surface area (Å²) < 4.78 is 5.73. The van der Waals surface area contributed by atoms with Gasteiger partial charge in [-0.05, 0) is 50.2 Å². The molecule has 0 saturated heterocycles. The number of nitrogens with one attached hydrogen (secondary N) is 1. The molecule has 4 heteroatoms. The van der Waals surface area contributed by atoms with Gasteiger partial charge >= 0.3 is 0 Å². The Morgan fingerprint density at radius 3 is 2.74 bits per heavy atom. The first kappa shape index (κ1) is 14.1. The molecule has 0 amide bonds. The second-order valence-corrected chi connectivity index (χ2v) is 4.92. The predicted molar refractivity (Wildman–Crippen MR) is 78.4 cm³/mol. The van der Waals surface area contributed by atoms with Crippen molar-refractivity contribution >= 4 is 11.6 Å². The molecule has 1 aromatic carbocycles. The minimum atomic E-state index is 0.727. The number of aromatic nitrogens is 1. The van der Waals surface area contributed by atoms with Crippen LogP contribution in [0.5, 0.6) is 0 Å². The SMILES string of the molecule is CCCNCCCc1ncc(-c2ccc(Cl)cc2)o1. The lowest BCUT2D eigenvalue weighted by molar-refractivity contribution is 0.491. The molecule has 1 heterocycles. The van der Waals surface area contributed by atoms with Crippen molar-refractivity contribution < 1.29 is 4.42 Å². The summed E-state index contributed by atoms with van der Waals surface area (Å²) >= 11 is 5.86. The van der Waals surface area contributed by atoms with E-state index in [1.54, 1.807) is 6.20 Å². The fraction of sp³-hybridized carbons (Fsp3) is 0.400. The Morgan fingerprint density at radius 2 is 2.00 bits per heavy atom. The monoisotopic (exact) mass is 278 g/mol. The van der Waals surface area contributed by atoms with Crippen LogP contribution in [-0.2, 0) is 6.42 Å². The fourth-order valence-corrected chi connectivity index (χ4v) is 1.97. The molecule has 1 aromatic heterocycles. The van der Waals surface area contributed by atoms with Gasteiger partial charge in [-0.3, -0.25) is 0 Å². The van der Waals surface area contributed by atoms with Gasteiger partial charge in [-0.25, -0.2) is 4.98 Å². The third kappa shape index (κ3) is 4.37. The normalized spacial score (nSPS) is 10.8. The van der Waals surface area contributed by atoms with Crippen LogP contribution in [0.4, 0.5) is 0 Å². The van der Waals surface area contributed by atoms with E-state index in [0.717, 1.165) is 48.2 Å². The fourth-order valence-electron chi connectivity index (χ4n) is 1.84. The number of nitrogens with zero attached hydrogens (tertiary/aromatic N) is 1. The van der Waals surface area contributed by atoms with E-state index < -0.39 is 0 Å². The Bertz CT molecular complexity index is 493. The Morgan fingerprint density at radius 1 is 1.21 bits per heavy atom. The van der Waals surface area contributed by atoms with Crippen LogP contribution in [0.2, 0.25) is 5.02 Å². The highest BCUT2D eigenvalue weighted by molar-refractivity contribution is 6.30. The topological polar surface area (TPSA) is 38.1 Å². The lowest BCUT2D eigenvalue weighted by Gasteiger charge is -2.00. The second kappa shape index (κ2) is 7.31. The molecule has 0 unspecified atom stereocenters. The van der Waals surface area contributed by atoms with E-state index in [-0.39, 0.29) is 0 Å². The summed E-state index contributed by atoms with van der Waals surface area (Å²) in [5.74, 6) is 1.59. The molecule has 0 fully saturated rings. The van der Waals surface area contributed by atoms with E-state index in [4.69, 9.17) is 16.0 Å². The molecule has 19 heavy (non-hydrogen) atoms. The van der Waals surface area contributed by atoms with Crippen molar-refractivity contribution in [3.63, 3.8) is 0 Å². The summed E-state index contributed by atoms with van der Waals surface area (Å²) in [5.41, 5.74) is 1.01. The molecule has 2 aromatic rings. The number of hydrogen-bond donors (Lipinski definition) is 1.